The standard InChI is InChI=1S/C14H18F3N3O4/c1-13(2,3)20-10(14(15,16)17)8(6-18-20)11(21)19-4-5-24-9(7-19)12(22)23/h6,9H,4-5,7H2,1-3H3,(H,22,23). The number of nitrogens with zero attached hydrogens (tertiary/aromatic N) is 3. The highest BCUT2D eigenvalue weighted by Gasteiger charge is 2.43. The van der Waals surface area contributed by atoms with Gasteiger partial charge in [-0.25, -0.2) is 4.79 Å². The fourth-order valence-corrected chi connectivity index (χ4v) is 2.44. The number of rotatable bonds is 2. The van der Waals surface area contributed by atoms with Crippen molar-refractivity contribution in [3.63, 3.8) is 0 Å². The molecule has 1 aromatic heterocycles. The Morgan fingerprint density at radius 1 is 1.33 bits per heavy atom. The Balaban J connectivity index is 2.40. The highest BCUT2D eigenvalue weighted by atomic mass is 19.4. The third-order valence-corrected chi connectivity index (χ3v) is 3.53. The van der Waals surface area contributed by atoms with Crippen molar-refractivity contribution in [2.75, 3.05) is 19.7 Å². The Hall–Kier alpha value is -2.10. The molecule has 0 bridgehead atoms. The van der Waals surface area contributed by atoms with Crippen LogP contribution < -0.4 is 0 Å². The van der Waals surface area contributed by atoms with E-state index in [-0.39, 0.29) is 19.7 Å². The van der Waals surface area contributed by atoms with Crippen molar-refractivity contribution in [1.29, 1.82) is 0 Å². The van der Waals surface area contributed by atoms with Crippen molar-refractivity contribution >= 4 is 11.9 Å². The number of carboxylic acid groups (broad SMARTS) is 1. The number of hydrogen-bond donors (Lipinski definition) is 1. The molecule has 2 rings (SSSR count). The number of amides is 1. The number of halogens is 3. The first kappa shape index (κ1) is 18.2. The van der Waals surface area contributed by atoms with Crippen molar-refractivity contribution in [2.45, 2.75) is 38.6 Å². The highest BCUT2D eigenvalue weighted by Crippen LogP contribution is 2.35. The van der Waals surface area contributed by atoms with Gasteiger partial charge in [-0.2, -0.15) is 18.3 Å². The van der Waals surface area contributed by atoms with Gasteiger partial charge in [0.2, 0.25) is 0 Å². The van der Waals surface area contributed by atoms with Crippen LogP contribution in [0.25, 0.3) is 0 Å². The van der Waals surface area contributed by atoms with E-state index in [1.165, 1.54) is 0 Å². The number of aliphatic carboxylic acids is 1. The third-order valence-electron chi connectivity index (χ3n) is 3.53. The molecule has 1 aliphatic heterocycles. The molecule has 1 saturated heterocycles. The summed E-state index contributed by atoms with van der Waals surface area (Å²) in [4.78, 5) is 24.5. The van der Waals surface area contributed by atoms with Crippen LogP contribution in [0.2, 0.25) is 0 Å². The first-order valence-electron chi connectivity index (χ1n) is 7.22. The van der Waals surface area contributed by atoms with Crippen molar-refractivity contribution in [3.8, 4) is 0 Å². The number of alkyl halides is 3. The zero-order valence-corrected chi connectivity index (χ0v) is 13.4. The lowest BCUT2D eigenvalue weighted by Crippen LogP contribution is -2.48. The van der Waals surface area contributed by atoms with Gasteiger partial charge in [0.25, 0.3) is 5.91 Å². The lowest BCUT2D eigenvalue weighted by Gasteiger charge is -2.31. The molecule has 1 aromatic rings. The molecule has 0 aliphatic carbocycles. The van der Waals surface area contributed by atoms with Gasteiger partial charge >= 0.3 is 12.1 Å². The van der Waals surface area contributed by atoms with E-state index in [4.69, 9.17) is 9.84 Å². The van der Waals surface area contributed by atoms with E-state index in [1.54, 1.807) is 20.8 Å². The minimum atomic E-state index is -4.77. The van der Waals surface area contributed by atoms with Gasteiger partial charge in [0, 0.05) is 6.54 Å². The first-order chi connectivity index (χ1) is 10.9. The molecule has 2 heterocycles. The summed E-state index contributed by atoms with van der Waals surface area (Å²) in [7, 11) is 0. The number of carbonyl (C=O) groups excluding carboxylic acids is 1. The highest BCUT2D eigenvalue weighted by molar-refractivity contribution is 5.95. The van der Waals surface area contributed by atoms with Gasteiger partial charge < -0.3 is 14.7 Å². The van der Waals surface area contributed by atoms with E-state index in [2.05, 4.69) is 5.10 Å². The van der Waals surface area contributed by atoms with Crippen LogP contribution in [0.3, 0.4) is 0 Å². The molecule has 1 amide bonds. The van der Waals surface area contributed by atoms with E-state index in [1.807, 2.05) is 0 Å². The fourth-order valence-electron chi connectivity index (χ4n) is 2.44. The zero-order chi connectivity index (χ0) is 18.3. The molecular weight excluding hydrogens is 331 g/mol. The molecular formula is C14H18F3N3O4. The fraction of sp³-hybridized carbons (Fsp3) is 0.643. The van der Waals surface area contributed by atoms with Crippen LogP contribution in [0.5, 0.6) is 0 Å². The van der Waals surface area contributed by atoms with Gasteiger partial charge in [-0.1, -0.05) is 0 Å². The third kappa shape index (κ3) is 3.53. The summed E-state index contributed by atoms with van der Waals surface area (Å²) in [5, 5.41) is 12.7. The Bertz CT molecular complexity index is 649. The smallest absolute Gasteiger partial charge is 0.433 e. The summed E-state index contributed by atoms with van der Waals surface area (Å²) in [5.41, 5.74) is -2.71. The Labute approximate surface area is 136 Å². The molecule has 10 heteroatoms. The lowest BCUT2D eigenvalue weighted by molar-refractivity contribution is -0.155. The summed E-state index contributed by atoms with van der Waals surface area (Å²) in [5.74, 6) is -2.18. The van der Waals surface area contributed by atoms with Crippen LogP contribution in [0.1, 0.15) is 36.8 Å². The van der Waals surface area contributed by atoms with Gasteiger partial charge in [-0.3, -0.25) is 9.48 Å². The molecule has 0 spiro atoms. The van der Waals surface area contributed by atoms with Crippen LogP contribution >= 0.6 is 0 Å². The summed E-state index contributed by atoms with van der Waals surface area (Å²) in [6, 6.07) is 0. The molecule has 0 saturated carbocycles. The molecule has 1 aliphatic rings. The second-order valence-corrected chi connectivity index (χ2v) is 6.44. The van der Waals surface area contributed by atoms with Gasteiger partial charge in [-0.15, -0.1) is 0 Å². The molecule has 24 heavy (non-hydrogen) atoms. The Morgan fingerprint density at radius 2 is 1.96 bits per heavy atom. The Kier molecular flexibility index (Phi) is 4.62. The van der Waals surface area contributed by atoms with Crippen LogP contribution in [0, 0.1) is 0 Å². The maximum Gasteiger partial charge on any atom is 0.433 e. The molecule has 1 unspecified atom stereocenters. The second kappa shape index (κ2) is 6.08. The average molecular weight is 349 g/mol. The molecule has 0 aromatic carbocycles. The minimum absolute atomic E-state index is 0.0145. The van der Waals surface area contributed by atoms with Gasteiger partial charge in [0.1, 0.15) is 0 Å². The number of carbonyl (C=O) groups is 2. The maximum absolute atomic E-state index is 13.5. The summed E-state index contributed by atoms with van der Waals surface area (Å²) < 4.78 is 46.1. The molecule has 134 valence electrons. The van der Waals surface area contributed by atoms with E-state index < -0.39 is 41.0 Å². The quantitative estimate of drug-likeness (QED) is 0.876. The normalized spacial score (nSPS) is 19.4. The number of hydrogen-bond acceptors (Lipinski definition) is 4. The van der Waals surface area contributed by atoms with Gasteiger partial charge in [-0.05, 0) is 20.8 Å². The van der Waals surface area contributed by atoms with Gasteiger partial charge in [0.15, 0.2) is 11.8 Å². The average Bonchev–Trinajstić information content (AvgIpc) is 2.91. The van der Waals surface area contributed by atoms with Crippen LogP contribution in [0.4, 0.5) is 13.2 Å². The first-order valence-corrected chi connectivity index (χ1v) is 7.22. The van der Waals surface area contributed by atoms with Crippen molar-refractivity contribution < 1.29 is 32.6 Å². The summed E-state index contributed by atoms with van der Waals surface area (Å²) in [6.45, 7) is 4.26. The number of aromatic nitrogens is 2. The molecule has 1 N–H and O–H groups in total. The van der Waals surface area contributed by atoms with Gasteiger partial charge in [0.05, 0.1) is 30.5 Å². The van der Waals surface area contributed by atoms with Crippen molar-refractivity contribution in [3.05, 3.63) is 17.5 Å². The largest absolute Gasteiger partial charge is 0.479 e. The Morgan fingerprint density at radius 3 is 2.46 bits per heavy atom. The summed E-state index contributed by atoms with van der Waals surface area (Å²) in [6.07, 6.45) is -5.15. The zero-order valence-electron chi connectivity index (χ0n) is 13.4. The van der Waals surface area contributed by atoms with Crippen molar-refractivity contribution in [2.24, 2.45) is 0 Å². The number of morpholine rings is 1. The minimum Gasteiger partial charge on any atom is -0.479 e. The molecule has 0 radical (unpaired) electrons. The topological polar surface area (TPSA) is 84.7 Å². The predicted molar refractivity (Wildman–Crippen MR) is 75.5 cm³/mol. The molecule has 1 atom stereocenters. The lowest BCUT2D eigenvalue weighted by atomic mass is 10.1. The second-order valence-electron chi connectivity index (χ2n) is 6.44. The van der Waals surface area contributed by atoms with E-state index in [9.17, 15) is 22.8 Å². The van der Waals surface area contributed by atoms with Crippen LogP contribution in [-0.4, -0.2) is 57.5 Å². The maximum atomic E-state index is 13.5. The van der Waals surface area contributed by atoms with E-state index in [0.29, 0.717) is 0 Å². The van der Waals surface area contributed by atoms with Crippen molar-refractivity contribution in [1.82, 2.24) is 14.7 Å². The van der Waals surface area contributed by atoms with Crippen LogP contribution in [0.15, 0.2) is 6.20 Å². The number of ether oxygens (including phenoxy) is 1. The predicted octanol–water partition coefficient (Wildman–Crippen LogP) is 1.58. The van der Waals surface area contributed by atoms with E-state index in [0.717, 1.165) is 15.8 Å². The van der Waals surface area contributed by atoms with Crippen LogP contribution in [-0.2, 0) is 21.2 Å². The molecule has 1 fully saturated rings. The van der Waals surface area contributed by atoms with E-state index >= 15 is 0 Å². The molecule has 7 nitrogen and oxygen atoms in total. The summed E-state index contributed by atoms with van der Waals surface area (Å²) >= 11 is 0. The number of carboxylic acids is 1. The SMILES string of the molecule is CC(C)(C)n1ncc(C(=O)N2CCOC(C(=O)O)C2)c1C(F)(F)F. The monoisotopic (exact) mass is 349 g/mol.